The van der Waals surface area contributed by atoms with Gasteiger partial charge in [0.15, 0.2) is 0 Å². The van der Waals surface area contributed by atoms with E-state index in [-0.39, 0.29) is 34.5 Å². The van der Waals surface area contributed by atoms with Crippen molar-refractivity contribution in [2.45, 2.75) is 24.9 Å². The van der Waals surface area contributed by atoms with Crippen molar-refractivity contribution in [1.82, 2.24) is 0 Å². The van der Waals surface area contributed by atoms with Gasteiger partial charge >= 0.3 is 6.18 Å². The van der Waals surface area contributed by atoms with Gasteiger partial charge in [0.2, 0.25) is 0 Å². The second-order valence-electron chi connectivity index (χ2n) is 4.95. The number of alkyl halides is 3. The Morgan fingerprint density at radius 1 is 1.18 bits per heavy atom. The fourth-order valence-corrected chi connectivity index (χ4v) is 3.28. The highest BCUT2D eigenvalue weighted by molar-refractivity contribution is 6.48. The second kappa shape index (κ2) is 6.83. The molecule has 2 N–H and O–H groups in total. The molecule has 1 aliphatic carbocycles. The summed E-state index contributed by atoms with van der Waals surface area (Å²) in [5, 5.41) is 0.834. The fourth-order valence-electron chi connectivity index (χ4n) is 2.56. The summed E-state index contributed by atoms with van der Waals surface area (Å²) >= 11 is 18.0. The summed E-state index contributed by atoms with van der Waals surface area (Å²) in [6.07, 6.45) is -2.36. The molecule has 1 aliphatic rings. The van der Waals surface area contributed by atoms with E-state index in [2.05, 4.69) is 0 Å². The summed E-state index contributed by atoms with van der Waals surface area (Å²) in [6.45, 7) is 0.120. The van der Waals surface area contributed by atoms with E-state index in [4.69, 9.17) is 40.5 Å². The van der Waals surface area contributed by atoms with Gasteiger partial charge in [-0.3, -0.25) is 0 Å². The quantitative estimate of drug-likeness (QED) is 0.746. The van der Waals surface area contributed by atoms with Gasteiger partial charge in [-0.1, -0.05) is 53.0 Å². The lowest BCUT2D eigenvalue weighted by molar-refractivity contribution is -0.138. The molecule has 0 heterocycles. The van der Waals surface area contributed by atoms with Crippen LogP contribution in [0.15, 0.2) is 39.4 Å². The summed E-state index contributed by atoms with van der Waals surface area (Å²) in [4.78, 5) is 0. The first-order valence-corrected chi connectivity index (χ1v) is 7.70. The van der Waals surface area contributed by atoms with Gasteiger partial charge in [0.05, 0.1) is 15.6 Å². The van der Waals surface area contributed by atoms with Crippen LogP contribution in [-0.4, -0.2) is 6.54 Å². The lowest BCUT2D eigenvalue weighted by Crippen LogP contribution is -2.16. The zero-order valence-corrected chi connectivity index (χ0v) is 13.6. The zero-order valence-electron chi connectivity index (χ0n) is 11.4. The van der Waals surface area contributed by atoms with Crippen molar-refractivity contribution in [1.29, 1.82) is 0 Å². The second-order valence-corrected chi connectivity index (χ2v) is 6.20. The molecule has 1 atom stereocenters. The molecular weight excluding hydrogens is 358 g/mol. The number of halogens is 6. The topological polar surface area (TPSA) is 26.0 Å². The van der Waals surface area contributed by atoms with Crippen LogP contribution in [0.2, 0.25) is 0 Å². The molecule has 0 bridgehead atoms. The molecule has 0 aromatic heterocycles. The number of hydrogen-bond acceptors (Lipinski definition) is 1. The third-order valence-corrected chi connectivity index (χ3v) is 4.79. The molecule has 1 aromatic carbocycles. The third-order valence-electron chi connectivity index (χ3n) is 3.51. The first-order valence-electron chi connectivity index (χ1n) is 6.56. The minimum absolute atomic E-state index is 0.120. The van der Waals surface area contributed by atoms with Crippen LogP contribution in [0.1, 0.15) is 29.0 Å². The summed E-state index contributed by atoms with van der Waals surface area (Å²) in [7, 11) is 0. The van der Waals surface area contributed by atoms with Crippen molar-refractivity contribution in [2.24, 2.45) is 5.73 Å². The van der Waals surface area contributed by atoms with Gasteiger partial charge in [-0.2, -0.15) is 13.2 Å². The first kappa shape index (κ1) is 17.7. The molecule has 1 aromatic rings. The van der Waals surface area contributed by atoms with E-state index >= 15 is 0 Å². The summed E-state index contributed by atoms with van der Waals surface area (Å²) in [5.74, 6) is -0.355. The van der Waals surface area contributed by atoms with Crippen LogP contribution < -0.4 is 5.73 Å². The molecule has 120 valence electrons. The number of benzene rings is 1. The highest BCUT2D eigenvalue weighted by atomic mass is 35.5. The van der Waals surface area contributed by atoms with Gasteiger partial charge in [-0.25, -0.2) is 0 Å². The Hall–Kier alpha value is -0.680. The van der Waals surface area contributed by atoms with Crippen molar-refractivity contribution in [3.8, 4) is 0 Å². The van der Waals surface area contributed by atoms with E-state index < -0.39 is 11.7 Å². The molecule has 0 saturated heterocycles. The standard InChI is InChI=1S/C15H13Cl3F3N/c16-12-6-8(7-13(17)14(12)18)9-2-1-3-11(15(19,20)21)10(9)4-5-22/h1-3,6,8H,4-5,7,22H2. The number of rotatable bonds is 3. The summed E-state index contributed by atoms with van der Waals surface area (Å²) in [5.41, 5.74) is 5.53. The van der Waals surface area contributed by atoms with Gasteiger partial charge in [0, 0.05) is 11.0 Å². The molecule has 1 nitrogen and oxygen atoms in total. The predicted octanol–water partition coefficient (Wildman–Crippen LogP) is 5.51. The predicted molar refractivity (Wildman–Crippen MR) is 84.2 cm³/mol. The Labute approximate surface area is 141 Å². The van der Waals surface area contributed by atoms with E-state index in [9.17, 15) is 13.2 Å². The number of allylic oxidation sites excluding steroid dienone is 4. The van der Waals surface area contributed by atoms with Gasteiger partial charge in [-0.15, -0.1) is 0 Å². The van der Waals surface area contributed by atoms with E-state index in [1.54, 1.807) is 12.1 Å². The Balaban J connectivity index is 2.53. The van der Waals surface area contributed by atoms with E-state index in [1.807, 2.05) is 0 Å². The van der Waals surface area contributed by atoms with Crippen molar-refractivity contribution >= 4 is 34.8 Å². The maximum atomic E-state index is 13.2. The van der Waals surface area contributed by atoms with Gasteiger partial charge in [-0.05, 0) is 36.6 Å². The minimum atomic E-state index is -4.43. The molecule has 0 amide bonds. The van der Waals surface area contributed by atoms with Crippen LogP contribution in [0.5, 0.6) is 0 Å². The molecule has 7 heteroatoms. The highest BCUT2D eigenvalue weighted by Gasteiger charge is 2.35. The average molecular weight is 371 g/mol. The SMILES string of the molecule is NCCc1c(C2C=C(Cl)C(Cl)=C(Cl)C2)cccc1C(F)(F)F. The van der Waals surface area contributed by atoms with E-state index in [1.165, 1.54) is 6.07 Å². The lowest BCUT2D eigenvalue weighted by Gasteiger charge is -2.24. The van der Waals surface area contributed by atoms with Crippen molar-refractivity contribution in [2.75, 3.05) is 6.54 Å². The lowest BCUT2D eigenvalue weighted by atomic mass is 9.85. The molecule has 1 unspecified atom stereocenters. The van der Waals surface area contributed by atoms with Crippen molar-refractivity contribution in [3.05, 3.63) is 56.1 Å². The van der Waals surface area contributed by atoms with Crippen LogP contribution in [0.25, 0.3) is 0 Å². The molecular formula is C15H13Cl3F3N. The molecule has 0 fully saturated rings. The van der Waals surface area contributed by atoms with Gasteiger partial charge in [0.1, 0.15) is 0 Å². The van der Waals surface area contributed by atoms with Crippen LogP contribution in [0.4, 0.5) is 13.2 Å². The van der Waals surface area contributed by atoms with E-state index in [0.29, 0.717) is 17.0 Å². The summed E-state index contributed by atoms with van der Waals surface area (Å²) in [6, 6.07) is 4.09. The maximum absolute atomic E-state index is 13.2. The normalized spacial score (nSPS) is 19.4. The minimum Gasteiger partial charge on any atom is -0.330 e. The molecule has 0 spiro atoms. The number of nitrogens with two attached hydrogens (primary N) is 1. The van der Waals surface area contributed by atoms with Crippen LogP contribution in [0, 0.1) is 0 Å². The Bertz CT molecular complexity index is 635. The van der Waals surface area contributed by atoms with Crippen LogP contribution in [-0.2, 0) is 12.6 Å². The Kier molecular flexibility index (Phi) is 5.49. The average Bonchev–Trinajstić information content (AvgIpc) is 2.43. The van der Waals surface area contributed by atoms with E-state index in [0.717, 1.165) is 6.07 Å². The molecule has 2 rings (SSSR count). The maximum Gasteiger partial charge on any atom is 0.416 e. The molecule has 0 saturated carbocycles. The van der Waals surface area contributed by atoms with Crippen molar-refractivity contribution in [3.63, 3.8) is 0 Å². The molecule has 0 aliphatic heterocycles. The summed E-state index contributed by atoms with van der Waals surface area (Å²) < 4.78 is 39.6. The largest absolute Gasteiger partial charge is 0.416 e. The monoisotopic (exact) mass is 369 g/mol. The number of hydrogen-bond donors (Lipinski definition) is 1. The third kappa shape index (κ3) is 3.62. The molecule has 22 heavy (non-hydrogen) atoms. The Morgan fingerprint density at radius 2 is 1.86 bits per heavy atom. The highest BCUT2D eigenvalue weighted by Crippen LogP contribution is 2.43. The van der Waals surface area contributed by atoms with Crippen molar-refractivity contribution < 1.29 is 13.2 Å². The zero-order chi connectivity index (χ0) is 16.5. The Morgan fingerprint density at radius 3 is 2.41 bits per heavy atom. The smallest absolute Gasteiger partial charge is 0.330 e. The van der Waals surface area contributed by atoms with Crippen LogP contribution >= 0.6 is 34.8 Å². The fraction of sp³-hybridized carbons (Fsp3) is 0.333. The first-order chi connectivity index (χ1) is 10.3. The van der Waals surface area contributed by atoms with Gasteiger partial charge < -0.3 is 5.73 Å². The molecule has 0 radical (unpaired) electrons. The van der Waals surface area contributed by atoms with Crippen LogP contribution in [0.3, 0.4) is 0 Å². The van der Waals surface area contributed by atoms with Gasteiger partial charge in [0.25, 0.3) is 0 Å².